The molecule has 2 aliphatic carbocycles. The third-order valence-corrected chi connectivity index (χ3v) is 7.84. The number of phenolic OH excluding ortho intramolecular Hbond substituents is 1. The van der Waals surface area contributed by atoms with Crippen LogP contribution in [0.1, 0.15) is 127 Å². The van der Waals surface area contributed by atoms with Crippen LogP contribution in [0.3, 0.4) is 0 Å². The van der Waals surface area contributed by atoms with Crippen molar-refractivity contribution in [1.29, 1.82) is 0 Å². The Hall–Kier alpha value is -2.14. The number of Topliss-reactive ketones (excluding diaryl/α,β-unsaturated/α-hetero) is 1. The zero-order valence-corrected chi connectivity index (χ0v) is 23.1. The lowest BCUT2D eigenvalue weighted by atomic mass is 9.88. The van der Waals surface area contributed by atoms with Crippen molar-refractivity contribution >= 4 is 11.6 Å². The van der Waals surface area contributed by atoms with Gasteiger partial charge in [-0.3, -0.25) is 4.79 Å². The molecule has 0 spiro atoms. The van der Waals surface area contributed by atoms with Crippen molar-refractivity contribution in [1.82, 2.24) is 0 Å². The number of allylic oxidation sites excluding steroid dienone is 2. The summed E-state index contributed by atoms with van der Waals surface area (Å²) >= 11 is 0. The number of unbranched alkanes of at least 4 members (excludes halogenated alkanes) is 1. The maximum Gasteiger partial charge on any atom is 0.161 e. The molecule has 2 aliphatic rings. The van der Waals surface area contributed by atoms with E-state index in [1.165, 1.54) is 19.3 Å². The molecule has 1 unspecified atom stereocenters. The lowest BCUT2D eigenvalue weighted by Crippen LogP contribution is -2.18. The van der Waals surface area contributed by atoms with Crippen LogP contribution >= 0.6 is 0 Å². The van der Waals surface area contributed by atoms with Gasteiger partial charge in [-0.2, -0.15) is 0 Å². The topological polar surface area (TPSA) is 72.8 Å². The zero-order valence-electron chi connectivity index (χ0n) is 23.1. The molecule has 1 aromatic carbocycles. The van der Waals surface area contributed by atoms with Gasteiger partial charge in [-0.15, -0.1) is 0 Å². The lowest BCUT2D eigenvalue weighted by Gasteiger charge is -2.25. The van der Waals surface area contributed by atoms with E-state index >= 15 is 0 Å². The standard InChI is InChI=1S/C32H48O5/c1-3-4-6-11-27(34)19-17-25-22-30(32(35)31(23-25)37-29-14-9-10-15-29)26(18-16-24(2)33)20-21-36-28-12-7-5-8-13-28/h6,11,22-23,26,28-29,35H,3-5,7-10,12-21H2,1-2H3. The summed E-state index contributed by atoms with van der Waals surface area (Å²) in [5.74, 6) is 0.986. The van der Waals surface area contributed by atoms with Crippen LogP contribution in [0.15, 0.2) is 24.3 Å². The number of aryl methyl sites for hydroxylation is 1. The molecule has 1 atom stereocenters. The number of hydrogen-bond donors (Lipinski definition) is 1. The molecule has 1 aromatic rings. The maximum absolute atomic E-state index is 12.4. The molecule has 0 aliphatic heterocycles. The summed E-state index contributed by atoms with van der Waals surface area (Å²) in [4.78, 5) is 24.3. The number of aromatic hydroxyl groups is 1. The normalized spacial score (nSPS) is 17.9. The number of hydrogen-bond acceptors (Lipinski definition) is 5. The van der Waals surface area contributed by atoms with E-state index < -0.39 is 0 Å². The fourth-order valence-electron chi connectivity index (χ4n) is 5.59. The highest BCUT2D eigenvalue weighted by molar-refractivity contribution is 5.89. The van der Waals surface area contributed by atoms with Gasteiger partial charge in [0, 0.05) is 25.0 Å². The molecule has 0 amide bonds. The van der Waals surface area contributed by atoms with E-state index in [4.69, 9.17) is 9.47 Å². The number of ketones is 2. The van der Waals surface area contributed by atoms with Crippen molar-refractivity contribution in [2.24, 2.45) is 0 Å². The van der Waals surface area contributed by atoms with Crippen LogP contribution in [0.2, 0.25) is 0 Å². The molecule has 5 nitrogen and oxygen atoms in total. The first-order valence-corrected chi connectivity index (χ1v) is 14.8. The number of ether oxygens (including phenoxy) is 2. The molecule has 0 heterocycles. The highest BCUT2D eigenvalue weighted by Gasteiger charge is 2.24. The van der Waals surface area contributed by atoms with Gasteiger partial charge in [-0.1, -0.05) is 44.7 Å². The van der Waals surface area contributed by atoms with E-state index in [1.807, 2.05) is 18.2 Å². The van der Waals surface area contributed by atoms with E-state index in [1.54, 1.807) is 13.0 Å². The lowest BCUT2D eigenvalue weighted by molar-refractivity contribution is -0.117. The highest BCUT2D eigenvalue weighted by Crippen LogP contribution is 2.41. The van der Waals surface area contributed by atoms with Gasteiger partial charge in [0.1, 0.15) is 5.78 Å². The molecule has 206 valence electrons. The van der Waals surface area contributed by atoms with Crippen molar-refractivity contribution < 1.29 is 24.2 Å². The summed E-state index contributed by atoms with van der Waals surface area (Å²) < 4.78 is 12.5. The van der Waals surface area contributed by atoms with Crippen LogP contribution in [-0.4, -0.2) is 35.5 Å². The van der Waals surface area contributed by atoms with E-state index in [0.29, 0.717) is 44.1 Å². The van der Waals surface area contributed by atoms with Crippen molar-refractivity contribution in [3.63, 3.8) is 0 Å². The second kappa shape index (κ2) is 16.0. The molecule has 0 saturated heterocycles. The molecule has 1 N–H and O–H groups in total. The van der Waals surface area contributed by atoms with E-state index in [9.17, 15) is 14.7 Å². The predicted octanol–water partition coefficient (Wildman–Crippen LogP) is 7.76. The smallest absolute Gasteiger partial charge is 0.161 e. The van der Waals surface area contributed by atoms with Crippen LogP contribution in [0, 0.1) is 0 Å². The van der Waals surface area contributed by atoms with Crippen molar-refractivity contribution in [3.05, 3.63) is 35.4 Å². The summed E-state index contributed by atoms with van der Waals surface area (Å²) in [6.45, 7) is 4.34. The number of carbonyl (C=O) groups excluding carboxylic acids is 2. The first kappa shape index (κ1) is 29.4. The third-order valence-electron chi connectivity index (χ3n) is 7.84. The highest BCUT2D eigenvalue weighted by atomic mass is 16.5. The Bertz CT molecular complexity index is 877. The van der Waals surface area contributed by atoms with Crippen molar-refractivity contribution in [3.8, 4) is 11.5 Å². The van der Waals surface area contributed by atoms with Gasteiger partial charge >= 0.3 is 0 Å². The molecule has 3 rings (SSSR count). The zero-order chi connectivity index (χ0) is 26.5. The van der Waals surface area contributed by atoms with Gasteiger partial charge in [-0.05, 0) is 94.8 Å². The second-order valence-corrected chi connectivity index (χ2v) is 11.1. The van der Waals surface area contributed by atoms with Gasteiger partial charge in [-0.25, -0.2) is 0 Å². The van der Waals surface area contributed by atoms with Gasteiger partial charge in [0.2, 0.25) is 0 Å². The molecule has 37 heavy (non-hydrogen) atoms. The average molecular weight is 513 g/mol. The first-order chi connectivity index (χ1) is 18.0. The molecule has 2 saturated carbocycles. The first-order valence-electron chi connectivity index (χ1n) is 14.8. The third kappa shape index (κ3) is 10.3. The summed E-state index contributed by atoms with van der Waals surface area (Å²) in [5, 5.41) is 11.3. The fraction of sp³-hybridized carbons (Fsp3) is 0.688. The number of benzene rings is 1. The van der Waals surface area contributed by atoms with Gasteiger partial charge in [0.25, 0.3) is 0 Å². The van der Waals surface area contributed by atoms with Crippen LogP contribution < -0.4 is 4.74 Å². The van der Waals surface area contributed by atoms with Gasteiger partial charge in [0.05, 0.1) is 12.2 Å². The predicted molar refractivity (Wildman–Crippen MR) is 148 cm³/mol. The Morgan fingerprint density at radius 2 is 1.70 bits per heavy atom. The minimum atomic E-state index is -0.00137. The largest absolute Gasteiger partial charge is 0.504 e. The van der Waals surface area contributed by atoms with E-state index in [2.05, 4.69) is 6.92 Å². The Kier molecular flexibility index (Phi) is 12.7. The van der Waals surface area contributed by atoms with Crippen molar-refractivity contribution in [2.75, 3.05) is 6.61 Å². The second-order valence-electron chi connectivity index (χ2n) is 11.1. The minimum Gasteiger partial charge on any atom is -0.504 e. The molecule has 0 radical (unpaired) electrons. The van der Waals surface area contributed by atoms with E-state index in [0.717, 1.165) is 68.9 Å². The molecule has 0 bridgehead atoms. The molecule has 5 heteroatoms. The summed E-state index contributed by atoms with van der Waals surface area (Å²) in [6, 6.07) is 3.95. The van der Waals surface area contributed by atoms with Crippen LogP contribution in [0.5, 0.6) is 11.5 Å². The van der Waals surface area contributed by atoms with E-state index in [-0.39, 0.29) is 29.3 Å². The molecule has 2 fully saturated rings. The molecule has 0 aromatic heterocycles. The monoisotopic (exact) mass is 512 g/mol. The Morgan fingerprint density at radius 1 is 1.00 bits per heavy atom. The fourth-order valence-corrected chi connectivity index (χ4v) is 5.59. The van der Waals surface area contributed by atoms with Crippen LogP contribution in [-0.2, 0) is 20.7 Å². The van der Waals surface area contributed by atoms with Crippen LogP contribution in [0.4, 0.5) is 0 Å². The molecular formula is C32H48O5. The van der Waals surface area contributed by atoms with Gasteiger partial charge in [0.15, 0.2) is 17.3 Å². The molecular weight excluding hydrogens is 464 g/mol. The Morgan fingerprint density at radius 3 is 2.41 bits per heavy atom. The Balaban J connectivity index is 1.79. The average Bonchev–Trinajstić information content (AvgIpc) is 3.40. The number of rotatable bonds is 16. The summed E-state index contributed by atoms with van der Waals surface area (Å²) in [5.41, 5.74) is 1.83. The summed E-state index contributed by atoms with van der Waals surface area (Å²) in [6.07, 6.45) is 19.3. The van der Waals surface area contributed by atoms with Crippen molar-refractivity contribution in [2.45, 2.75) is 135 Å². The SMILES string of the molecule is CCCC=CC(=O)CCc1cc(OC2CCCC2)c(O)c(C(CCOC2CCCCC2)CCC(C)=O)c1. The quantitative estimate of drug-likeness (QED) is 0.229. The van der Waals surface area contributed by atoms with Gasteiger partial charge < -0.3 is 19.4 Å². The minimum absolute atomic E-state index is 0.00137. The summed E-state index contributed by atoms with van der Waals surface area (Å²) in [7, 11) is 0. The Labute approximate surface area is 224 Å². The van der Waals surface area contributed by atoms with Crippen LogP contribution in [0.25, 0.3) is 0 Å². The maximum atomic E-state index is 12.4. The number of phenols is 1. The number of carbonyl (C=O) groups is 2.